The van der Waals surface area contributed by atoms with Crippen LogP contribution in [-0.2, 0) is 5.60 Å². The number of nitrogens with zero attached hydrogens (tertiary/aromatic N) is 1. The van der Waals surface area contributed by atoms with Crippen molar-refractivity contribution in [3.8, 4) is 0 Å². The zero-order chi connectivity index (χ0) is 15.4. The molecule has 0 bridgehead atoms. The quantitative estimate of drug-likeness (QED) is 0.886. The lowest BCUT2D eigenvalue weighted by Crippen LogP contribution is -2.39. The molecule has 1 fully saturated rings. The molecule has 124 valence electrons. The van der Waals surface area contributed by atoms with Gasteiger partial charge < -0.3 is 10.0 Å². The predicted molar refractivity (Wildman–Crippen MR) is 98.0 cm³/mol. The Bertz CT molecular complexity index is 542. The molecule has 1 aliphatic rings. The maximum Gasteiger partial charge on any atom is 0.116 e. The smallest absolute Gasteiger partial charge is 0.116 e. The number of rotatable bonds is 5. The number of likely N-dealkylation sites (tertiary alicyclic amines) is 1. The summed E-state index contributed by atoms with van der Waals surface area (Å²) in [5.41, 5.74) is 1.03. The highest BCUT2D eigenvalue weighted by atomic mass is 35.5. The van der Waals surface area contributed by atoms with Crippen LogP contribution >= 0.6 is 12.4 Å². The Labute approximate surface area is 145 Å². The lowest BCUT2D eigenvalue weighted by Gasteiger charge is -2.35. The molecule has 1 unspecified atom stereocenters. The van der Waals surface area contributed by atoms with E-state index in [1.165, 1.54) is 12.8 Å². The highest BCUT2D eigenvalue weighted by Gasteiger charge is 2.35. The molecule has 1 heterocycles. The van der Waals surface area contributed by atoms with Crippen LogP contribution in [0.15, 0.2) is 60.7 Å². The standard InChI is InChI=1S/C20H25NO.ClH/c1-17(21-14-8-9-15-21)16-20(22,18-10-4-2-5-11-18)19-12-6-3-7-13-19;/h2-7,10-13,17,22H,8-9,14-16H2,1H3;1H. The first-order chi connectivity index (χ1) is 10.7. The Morgan fingerprint density at radius 3 is 1.78 bits per heavy atom. The molecule has 1 atom stereocenters. The summed E-state index contributed by atoms with van der Waals surface area (Å²) in [5, 5.41) is 11.6. The van der Waals surface area contributed by atoms with Crippen molar-refractivity contribution in [2.24, 2.45) is 0 Å². The molecule has 3 rings (SSSR count). The van der Waals surface area contributed by atoms with E-state index in [2.05, 4.69) is 11.8 Å². The Morgan fingerprint density at radius 2 is 1.35 bits per heavy atom. The lowest BCUT2D eigenvalue weighted by molar-refractivity contribution is 0.0417. The monoisotopic (exact) mass is 331 g/mol. The van der Waals surface area contributed by atoms with Crippen LogP contribution in [0.3, 0.4) is 0 Å². The highest BCUT2D eigenvalue weighted by molar-refractivity contribution is 5.85. The second-order valence-electron chi connectivity index (χ2n) is 6.39. The maximum atomic E-state index is 11.6. The molecule has 1 N–H and O–H groups in total. The van der Waals surface area contributed by atoms with Crippen molar-refractivity contribution in [1.82, 2.24) is 4.90 Å². The van der Waals surface area contributed by atoms with E-state index in [4.69, 9.17) is 0 Å². The number of benzene rings is 2. The van der Waals surface area contributed by atoms with Crippen LogP contribution in [0, 0.1) is 0 Å². The van der Waals surface area contributed by atoms with Crippen LogP contribution in [-0.4, -0.2) is 29.1 Å². The fourth-order valence-electron chi connectivity index (χ4n) is 3.57. The van der Waals surface area contributed by atoms with Gasteiger partial charge in [-0.1, -0.05) is 60.7 Å². The van der Waals surface area contributed by atoms with Crippen LogP contribution in [0.5, 0.6) is 0 Å². The van der Waals surface area contributed by atoms with E-state index in [9.17, 15) is 5.11 Å². The maximum absolute atomic E-state index is 11.6. The zero-order valence-electron chi connectivity index (χ0n) is 13.7. The summed E-state index contributed by atoms with van der Waals surface area (Å²) in [5.74, 6) is 0. The van der Waals surface area contributed by atoms with Crippen molar-refractivity contribution >= 4 is 12.4 Å². The van der Waals surface area contributed by atoms with Crippen LogP contribution in [0.25, 0.3) is 0 Å². The molecule has 2 nitrogen and oxygen atoms in total. The van der Waals surface area contributed by atoms with Gasteiger partial charge in [0.1, 0.15) is 5.60 Å². The fraction of sp³-hybridized carbons (Fsp3) is 0.400. The zero-order valence-corrected chi connectivity index (χ0v) is 14.5. The van der Waals surface area contributed by atoms with Gasteiger partial charge in [0.25, 0.3) is 0 Å². The van der Waals surface area contributed by atoms with E-state index in [0.717, 1.165) is 30.6 Å². The molecule has 0 radical (unpaired) electrons. The van der Waals surface area contributed by atoms with Crippen molar-refractivity contribution in [3.05, 3.63) is 71.8 Å². The molecular weight excluding hydrogens is 306 g/mol. The Kier molecular flexibility index (Phi) is 6.23. The molecule has 23 heavy (non-hydrogen) atoms. The van der Waals surface area contributed by atoms with Crippen molar-refractivity contribution in [2.45, 2.75) is 37.8 Å². The minimum absolute atomic E-state index is 0. The van der Waals surface area contributed by atoms with Crippen LogP contribution in [0.2, 0.25) is 0 Å². The number of hydrogen-bond acceptors (Lipinski definition) is 2. The van der Waals surface area contributed by atoms with Gasteiger partial charge in [0, 0.05) is 6.04 Å². The second kappa shape index (κ2) is 7.96. The van der Waals surface area contributed by atoms with Gasteiger partial charge in [-0.2, -0.15) is 0 Å². The molecular formula is C20H26ClNO. The SMILES string of the molecule is CC(CC(O)(c1ccccc1)c1ccccc1)N1CCCC1.Cl. The van der Waals surface area contributed by atoms with E-state index in [-0.39, 0.29) is 12.4 Å². The van der Waals surface area contributed by atoms with Gasteiger partial charge >= 0.3 is 0 Å². The van der Waals surface area contributed by atoms with E-state index < -0.39 is 5.60 Å². The third-order valence-electron chi connectivity index (χ3n) is 4.86. The average Bonchev–Trinajstić information content (AvgIpc) is 3.11. The van der Waals surface area contributed by atoms with Crippen molar-refractivity contribution < 1.29 is 5.11 Å². The number of hydrogen-bond donors (Lipinski definition) is 1. The summed E-state index contributed by atoms with van der Waals surface area (Å²) < 4.78 is 0. The molecule has 0 amide bonds. The van der Waals surface area contributed by atoms with Crippen LogP contribution < -0.4 is 0 Å². The summed E-state index contributed by atoms with van der Waals surface area (Å²) in [4.78, 5) is 2.50. The summed E-state index contributed by atoms with van der Waals surface area (Å²) >= 11 is 0. The van der Waals surface area contributed by atoms with E-state index in [1.807, 2.05) is 60.7 Å². The molecule has 0 spiro atoms. The third kappa shape index (κ3) is 3.95. The van der Waals surface area contributed by atoms with Crippen LogP contribution in [0.4, 0.5) is 0 Å². The number of halogens is 1. The topological polar surface area (TPSA) is 23.5 Å². The van der Waals surface area contributed by atoms with Crippen LogP contribution in [0.1, 0.15) is 37.3 Å². The first-order valence-electron chi connectivity index (χ1n) is 8.27. The number of aliphatic hydroxyl groups is 1. The van der Waals surface area contributed by atoms with Gasteiger partial charge in [-0.3, -0.25) is 0 Å². The molecule has 0 saturated carbocycles. The van der Waals surface area contributed by atoms with Gasteiger partial charge in [0.15, 0.2) is 0 Å². The Hall–Kier alpha value is -1.35. The first kappa shape index (κ1) is 18.0. The summed E-state index contributed by atoms with van der Waals surface area (Å²) in [6.07, 6.45) is 3.28. The van der Waals surface area contributed by atoms with E-state index in [1.54, 1.807) is 0 Å². The highest BCUT2D eigenvalue weighted by Crippen LogP contribution is 2.35. The summed E-state index contributed by atoms with van der Waals surface area (Å²) in [6.45, 7) is 4.55. The summed E-state index contributed by atoms with van der Waals surface area (Å²) in [6, 6.07) is 20.5. The Morgan fingerprint density at radius 1 is 0.913 bits per heavy atom. The largest absolute Gasteiger partial charge is 0.380 e. The minimum atomic E-state index is -0.926. The first-order valence-corrected chi connectivity index (χ1v) is 8.27. The lowest BCUT2D eigenvalue weighted by atomic mass is 9.81. The van der Waals surface area contributed by atoms with Gasteiger partial charge in [0.2, 0.25) is 0 Å². The van der Waals surface area contributed by atoms with Gasteiger partial charge in [-0.05, 0) is 50.4 Å². The Balaban J connectivity index is 0.00000192. The third-order valence-corrected chi connectivity index (χ3v) is 4.86. The normalized spacial score (nSPS) is 16.8. The van der Waals surface area contributed by atoms with Gasteiger partial charge in [0.05, 0.1) is 0 Å². The molecule has 1 saturated heterocycles. The molecule has 0 aromatic heterocycles. The second-order valence-corrected chi connectivity index (χ2v) is 6.39. The minimum Gasteiger partial charge on any atom is -0.380 e. The molecule has 0 aliphatic carbocycles. The van der Waals surface area contributed by atoms with Crippen molar-refractivity contribution in [1.29, 1.82) is 0 Å². The van der Waals surface area contributed by atoms with Gasteiger partial charge in [-0.15, -0.1) is 12.4 Å². The van der Waals surface area contributed by atoms with Gasteiger partial charge in [-0.25, -0.2) is 0 Å². The molecule has 2 aromatic rings. The average molecular weight is 332 g/mol. The van der Waals surface area contributed by atoms with E-state index >= 15 is 0 Å². The molecule has 2 aromatic carbocycles. The molecule has 1 aliphatic heterocycles. The fourth-order valence-corrected chi connectivity index (χ4v) is 3.57. The van der Waals surface area contributed by atoms with E-state index in [0.29, 0.717) is 6.04 Å². The summed E-state index contributed by atoms with van der Waals surface area (Å²) in [7, 11) is 0. The van der Waals surface area contributed by atoms with Crippen molar-refractivity contribution in [2.75, 3.05) is 13.1 Å². The molecule has 3 heteroatoms. The predicted octanol–water partition coefficient (Wildman–Crippen LogP) is 4.22. The van der Waals surface area contributed by atoms with Crippen molar-refractivity contribution in [3.63, 3.8) is 0 Å².